The molecule has 1 aromatic rings. The van der Waals surface area contributed by atoms with Gasteiger partial charge in [0.1, 0.15) is 4.88 Å². The summed E-state index contributed by atoms with van der Waals surface area (Å²) in [4.78, 5) is 23.3. The first-order valence-corrected chi connectivity index (χ1v) is 6.67. The molecule has 2 heterocycles. The first-order chi connectivity index (χ1) is 8.59. The van der Waals surface area contributed by atoms with Gasteiger partial charge in [-0.25, -0.2) is 4.79 Å². The number of carbonyl (C=O) groups excluding carboxylic acids is 1. The summed E-state index contributed by atoms with van der Waals surface area (Å²) in [5.74, 6) is -1.20. The van der Waals surface area contributed by atoms with E-state index in [-0.39, 0.29) is 16.7 Å². The molecule has 6 heteroatoms. The van der Waals surface area contributed by atoms with Crippen LogP contribution < -0.4 is 5.32 Å². The van der Waals surface area contributed by atoms with E-state index in [9.17, 15) is 9.59 Å². The lowest BCUT2D eigenvalue weighted by molar-refractivity contribution is -0.122. The van der Waals surface area contributed by atoms with Gasteiger partial charge in [-0.2, -0.15) is 0 Å². The summed E-state index contributed by atoms with van der Waals surface area (Å²) < 4.78 is 5.20. The van der Waals surface area contributed by atoms with Gasteiger partial charge in [0.05, 0.1) is 5.69 Å². The molecule has 1 amide bonds. The molecular weight excluding hydrogens is 254 g/mol. The summed E-state index contributed by atoms with van der Waals surface area (Å²) in [5, 5.41) is 13.5. The normalized spacial score (nSPS) is 16.5. The van der Waals surface area contributed by atoms with Crippen molar-refractivity contribution in [2.24, 2.45) is 5.92 Å². The van der Waals surface area contributed by atoms with Crippen LogP contribution in [0.4, 0.5) is 5.69 Å². The number of carbonyl (C=O) groups is 2. The van der Waals surface area contributed by atoms with E-state index in [0.717, 1.165) is 16.9 Å². The van der Waals surface area contributed by atoms with Crippen LogP contribution in [0.25, 0.3) is 0 Å². The number of aromatic carboxylic acids is 1. The predicted molar refractivity (Wildman–Crippen MR) is 68.2 cm³/mol. The minimum Gasteiger partial charge on any atom is -0.477 e. The molecular formula is C12H15NO4S. The molecule has 0 saturated carbocycles. The second-order valence-corrected chi connectivity index (χ2v) is 5.18. The molecule has 0 spiro atoms. The van der Waals surface area contributed by atoms with Gasteiger partial charge < -0.3 is 15.2 Å². The van der Waals surface area contributed by atoms with Gasteiger partial charge in [0, 0.05) is 19.1 Å². The Balaban J connectivity index is 2.10. The average Bonchev–Trinajstić information content (AvgIpc) is 2.72. The number of hydrogen-bond acceptors (Lipinski definition) is 4. The van der Waals surface area contributed by atoms with Crippen LogP contribution >= 0.6 is 11.3 Å². The molecule has 1 aliphatic heterocycles. The molecule has 98 valence electrons. The largest absolute Gasteiger partial charge is 0.477 e. The Kier molecular flexibility index (Phi) is 3.98. The Labute approximate surface area is 109 Å². The third-order valence-electron chi connectivity index (χ3n) is 3.01. The average molecular weight is 269 g/mol. The Morgan fingerprint density at radius 2 is 2.11 bits per heavy atom. The van der Waals surface area contributed by atoms with Crippen molar-refractivity contribution < 1.29 is 19.4 Å². The molecule has 0 aromatic carbocycles. The maximum Gasteiger partial charge on any atom is 0.348 e. The van der Waals surface area contributed by atoms with Crippen molar-refractivity contribution in [2.75, 3.05) is 18.5 Å². The molecule has 0 unspecified atom stereocenters. The maximum atomic E-state index is 12.0. The highest BCUT2D eigenvalue weighted by atomic mass is 32.1. The molecule has 0 bridgehead atoms. The number of anilines is 1. The number of carboxylic acids is 1. The van der Waals surface area contributed by atoms with Gasteiger partial charge in [-0.15, -0.1) is 11.3 Å². The van der Waals surface area contributed by atoms with Crippen molar-refractivity contribution in [1.29, 1.82) is 0 Å². The van der Waals surface area contributed by atoms with Crippen molar-refractivity contribution in [3.05, 3.63) is 15.8 Å². The molecule has 2 N–H and O–H groups in total. The monoisotopic (exact) mass is 269 g/mol. The summed E-state index contributed by atoms with van der Waals surface area (Å²) in [6, 6.07) is 0. The summed E-state index contributed by atoms with van der Waals surface area (Å²) in [7, 11) is 0. The summed E-state index contributed by atoms with van der Waals surface area (Å²) in [5.41, 5.74) is 1.22. The van der Waals surface area contributed by atoms with Crippen LogP contribution in [-0.4, -0.2) is 30.2 Å². The number of nitrogens with one attached hydrogen (secondary N) is 1. The van der Waals surface area contributed by atoms with E-state index in [1.807, 2.05) is 0 Å². The van der Waals surface area contributed by atoms with Crippen LogP contribution in [0.1, 0.15) is 28.1 Å². The van der Waals surface area contributed by atoms with Gasteiger partial charge in [-0.05, 0) is 30.7 Å². The molecule has 1 aromatic heterocycles. The van der Waals surface area contributed by atoms with Gasteiger partial charge in [0.15, 0.2) is 0 Å². The molecule has 18 heavy (non-hydrogen) atoms. The number of hydrogen-bond donors (Lipinski definition) is 2. The van der Waals surface area contributed by atoms with E-state index in [1.165, 1.54) is 0 Å². The van der Waals surface area contributed by atoms with Crippen LogP contribution in [-0.2, 0) is 9.53 Å². The quantitative estimate of drug-likeness (QED) is 0.881. The maximum absolute atomic E-state index is 12.0. The SMILES string of the molecule is Cc1csc(C(=O)O)c1NC(=O)C1CCOCC1. The Morgan fingerprint density at radius 1 is 1.44 bits per heavy atom. The first kappa shape index (κ1) is 13.0. The van der Waals surface area contributed by atoms with Crippen LogP contribution in [0.15, 0.2) is 5.38 Å². The zero-order valence-corrected chi connectivity index (χ0v) is 10.9. The Hall–Kier alpha value is -1.40. The van der Waals surface area contributed by atoms with Gasteiger partial charge in [-0.1, -0.05) is 0 Å². The van der Waals surface area contributed by atoms with Crippen LogP contribution in [0.2, 0.25) is 0 Å². The van der Waals surface area contributed by atoms with E-state index in [4.69, 9.17) is 9.84 Å². The lowest BCUT2D eigenvalue weighted by Gasteiger charge is -2.21. The highest BCUT2D eigenvalue weighted by Crippen LogP contribution is 2.28. The van der Waals surface area contributed by atoms with Crippen LogP contribution in [0.3, 0.4) is 0 Å². The molecule has 0 atom stereocenters. The fourth-order valence-electron chi connectivity index (χ4n) is 1.94. The lowest BCUT2D eigenvalue weighted by Crippen LogP contribution is -2.29. The summed E-state index contributed by atoms with van der Waals surface area (Å²) in [6.45, 7) is 2.97. The summed E-state index contributed by atoms with van der Waals surface area (Å²) >= 11 is 1.13. The predicted octanol–water partition coefficient (Wildman–Crippen LogP) is 2.12. The second-order valence-electron chi connectivity index (χ2n) is 4.30. The van der Waals surface area contributed by atoms with Gasteiger partial charge in [-0.3, -0.25) is 4.79 Å². The van der Waals surface area contributed by atoms with Gasteiger partial charge >= 0.3 is 5.97 Å². The van der Waals surface area contributed by atoms with Crippen molar-refractivity contribution in [1.82, 2.24) is 0 Å². The van der Waals surface area contributed by atoms with Crippen LogP contribution in [0, 0.1) is 12.8 Å². The molecule has 0 aliphatic carbocycles. The van der Waals surface area contributed by atoms with Gasteiger partial charge in [0.25, 0.3) is 0 Å². The van der Waals surface area contributed by atoms with E-state index < -0.39 is 5.97 Å². The number of thiophene rings is 1. The highest BCUT2D eigenvalue weighted by Gasteiger charge is 2.24. The number of ether oxygens (including phenoxy) is 1. The zero-order chi connectivity index (χ0) is 13.1. The molecule has 0 radical (unpaired) electrons. The molecule has 2 rings (SSSR count). The van der Waals surface area contributed by atoms with E-state index in [0.29, 0.717) is 31.7 Å². The van der Waals surface area contributed by atoms with Crippen molar-refractivity contribution in [2.45, 2.75) is 19.8 Å². The third-order valence-corrected chi connectivity index (χ3v) is 4.10. The number of amides is 1. The molecule has 1 aliphatic rings. The fraction of sp³-hybridized carbons (Fsp3) is 0.500. The van der Waals surface area contributed by atoms with E-state index >= 15 is 0 Å². The molecule has 5 nitrogen and oxygen atoms in total. The summed E-state index contributed by atoms with van der Waals surface area (Å²) in [6.07, 6.45) is 1.38. The Morgan fingerprint density at radius 3 is 2.72 bits per heavy atom. The number of carboxylic acid groups (broad SMARTS) is 1. The smallest absolute Gasteiger partial charge is 0.348 e. The van der Waals surface area contributed by atoms with Gasteiger partial charge in [0.2, 0.25) is 5.91 Å². The van der Waals surface area contributed by atoms with Crippen LogP contribution in [0.5, 0.6) is 0 Å². The van der Waals surface area contributed by atoms with E-state index in [1.54, 1.807) is 12.3 Å². The van der Waals surface area contributed by atoms with Crippen molar-refractivity contribution in [3.63, 3.8) is 0 Å². The molecule has 1 fully saturated rings. The first-order valence-electron chi connectivity index (χ1n) is 5.79. The molecule has 1 saturated heterocycles. The van der Waals surface area contributed by atoms with Crippen molar-refractivity contribution >= 4 is 28.9 Å². The number of rotatable bonds is 3. The van der Waals surface area contributed by atoms with Crippen molar-refractivity contribution in [3.8, 4) is 0 Å². The highest BCUT2D eigenvalue weighted by molar-refractivity contribution is 7.12. The third kappa shape index (κ3) is 2.70. The number of aryl methyl sites for hydroxylation is 1. The minimum absolute atomic E-state index is 0.0836. The minimum atomic E-state index is -1.00. The Bertz CT molecular complexity index is 463. The second kappa shape index (κ2) is 5.49. The lowest BCUT2D eigenvalue weighted by atomic mass is 9.99. The fourth-order valence-corrected chi connectivity index (χ4v) is 2.79. The zero-order valence-electron chi connectivity index (χ0n) is 10.1. The standard InChI is InChI=1S/C12H15NO4S/c1-7-6-18-10(12(15)16)9(7)13-11(14)8-2-4-17-5-3-8/h6,8H,2-5H2,1H3,(H,13,14)(H,15,16). The van der Waals surface area contributed by atoms with E-state index in [2.05, 4.69) is 5.32 Å². The topological polar surface area (TPSA) is 75.6 Å².